The van der Waals surface area contributed by atoms with Crippen molar-refractivity contribution in [3.63, 3.8) is 0 Å². The van der Waals surface area contributed by atoms with Crippen LogP contribution in [-0.4, -0.2) is 25.0 Å². The Morgan fingerprint density at radius 3 is 2.56 bits per heavy atom. The number of esters is 1. The van der Waals surface area contributed by atoms with Crippen LogP contribution in [0.2, 0.25) is 0 Å². The third-order valence-electron chi connectivity index (χ3n) is 3.47. The summed E-state index contributed by atoms with van der Waals surface area (Å²) in [7, 11) is 1.61. The minimum Gasteiger partial charge on any atom is -0.449 e. The van der Waals surface area contributed by atoms with Gasteiger partial charge in [-0.05, 0) is 43.3 Å². The highest BCUT2D eigenvalue weighted by molar-refractivity contribution is 9.10. The van der Waals surface area contributed by atoms with Gasteiger partial charge >= 0.3 is 5.97 Å². The third kappa shape index (κ3) is 5.26. The van der Waals surface area contributed by atoms with Crippen LogP contribution >= 0.6 is 15.9 Å². The second-order valence-electron chi connectivity index (χ2n) is 5.31. The number of carbonyl (C=O) groups excluding carboxylic acids is 2. The Kier molecular flexibility index (Phi) is 6.47. The first-order valence-electron chi connectivity index (χ1n) is 7.55. The maximum Gasteiger partial charge on any atom is 0.331 e. The fourth-order valence-corrected chi connectivity index (χ4v) is 2.49. The molecule has 0 aromatic heterocycles. The smallest absolute Gasteiger partial charge is 0.331 e. The van der Waals surface area contributed by atoms with E-state index in [-0.39, 0.29) is 11.5 Å². The van der Waals surface area contributed by atoms with E-state index in [1.165, 1.54) is 30.0 Å². The van der Waals surface area contributed by atoms with Crippen molar-refractivity contribution >= 4 is 39.6 Å². The third-order valence-corrected chi connectivity index (χ3v) is 3.97. The molecule has 1 unspecified atom stereocenters. The second-order valence-corrected chi connectivity index (χ2v) is 6.23. The van der Waals surface area contributed by atoms with Crippen LogP contribution < -0.4 is 4.90 Å². The van der Waals surface area contributed by atoms with E-state index in [1.54, 1.807) is 25.2 Å². The Bertz CT molecular complexity index is 793. The molecule has 2 aromatic rings. The number of rotatable bonds is 5. The van der Waals surface area contributed by atoms with Crippen LogP contribution in [0, 0.1) is 5.82 Å². The van der Waals surface area contributed by atoms with Crippen LogP contribution in [-0.2, 0) is 14.3 Å². The lowest BCUT2D eigenvalue weighted by Gasteiger charge is -2.21. The molecule has 0 aliphatic rings. The van der Waals surface area contributed by atoms with Gasteiger partial charge in [0.25, 0.3) is 5.91 Å². The van der Waals surface area contributed by atoms with E-state index in [1.807, 2.05) is 18.2 Å². The van der Waals surface area contributed by atoms with Crippen molar-refractivity contribution in [1.29, 1.82) is 0 Å². The molecule has 0 bridgehead atoms. The molecule has 1 atom stereocenters. The number of hydrogen-bond acceptors (Lipinski definition) is 3. The molecule has 0 saturated heterocycles. The number of likely N-dealkylation sites (N-methyl/N-ethyl adjacent to an activating group) is 1. The van der Waals surface area contributed by atoms with E-state index in [0.29, 0.717) is 10.2 Å². The van der Waals surface area contributed by atoms with Crippen molar-refractivity contribution in [2.45, 2.75) is 13.0 Å². The highest BCUT2D eigenvalue weighted by Gasteiger charge is 2.21. The Morgan fingerprint density at radius 2 is 1.88 bits per heavy atom. The zero-order valence-electron chi connectivity index (χ0n) is 13.8. The minimum absolute atomic E-state index is 0.242. The summed E-state index contributed by atoms with van der Waals surface area (Å²) in [6.07, 6.45) is 1.44. The summed E-state index contributed by atoms with van der Waals surface area (Å²) >= 11 is 3.23. The fraction of sp³-hybridized carbons (Fsp3) is 0.158. The van der Waals surface area contributed by atoms with Crippen molar-refractivity contribution in [3.05, 3.63) is 70.5 Å². The summed E-state index contributed by atoms with van der Waals surface area (Å²) in [5.41, 5.74) is 0.939. The molecule has 25 heavy (non-hydrogen) atoms. The van der Waals surface area contributed by atoms with Crippen LogP contribution in [0.25, 0.3) is 6.08 Å². The summed E-state index contributed by atoms with van der Waals surface area (Å²) in [4.78, 5) is 25.6. The lowest BCUT2D eigenvalue weighted by molar-refractivity contribution is -0.148. The molecule has 0 radical (unpaired) electrons. The molecule has 0 fully saturated rings. The van der Waals surface area contributed by atoms with E-state index in [9.17, 15) is 14.0 Å². The van der Waals surface area contributed by atoms with E-state index >= 15 is 0 Å². The fourth-order valence-electron chi connectivity index (χ4n) is 2.12. The molecule has 0 heterocycles. The SMILES string of the molecule is CC(OC(=O)/C=C/c1cc(Br)ccc1F)C(=O)N(C)c1ccccc1. The minimum atomic E-state index is -0.963. The monoisotopic (exact) mass is 405 g/mol. The van der Waals surface area contributed by atoms with Gasteiger partial charge in [0.1, 0.15) is 5.82 Å². The summed E-state index contributed by atoms with van der Waals surface area (Å²) in [6.45, 7) is 1.49. The molecule has 2 aromatic carbocycles. The standard InChI is InChI=1S/C19H17BrFNO3/c1-13(19(24)22(2)16-6-4-3-5-7-16)25-18(23)11-8-14-12-15(20)9-10-17(14)21/h3-13H,1-2H3/b11-8+. The molecule has 2 rings (SSSR count). The molecule has 0 saturated carbocycles. The van der Waals surface area contributed by atoms with Gasteiger partial charge in [0.05, 0.1) is 0 Å². The van der Waals surface area contributed by atoms with E-state index in [4.69, 9.17) is 4.74 Å². The number of anilines is 1. The van der Waals surface area contributed by atoms with E-state index in [0.717, 1.165) is 6.08 Å². The Morgan fingerprint density at radius 1 is 1.20 bits per heavy atom. The van der Waals surface area contributed by atoms with Crippen LogP contribution in [0.3, 0.4) is 0 Å². The molecule has 4 nitrogen and oxygen atoms in total. The first kappa shape index (κ1) is 18.9. The maximum absolute atomic E-state index is 13.6. The zero-order valence-corrected chi connectivity index (χ0v) is 15.4. The van der Waals surface area contributed by atoms with Gasteiger partial charge in [0.2, 0.25) is 0 Å². The normalized spacial score (nSPS) is 12.0. The molecule has 6 heteroatoms. The number of carbonyl (C=O) groups is 2. The molecule has 0 aliphatic carbocycles. The predicted molar refractivity (Wildman–Crippen MR) is 98.5 cm³/mol. The van der Waals surface area contributed by atoms with Gasteiger partial charge in [0.15, 0.2) is 6.10 Å². The van der Waals surface area contributed by atoms with Crippen molar-refractivity contribution in [3.8, 4) is 0 Å². The Labute approximate surface area is 154 Å². The topological polar surface area (TPSA) is 46.6 Å². The van der Waals surface area contributed by atoms with E-state index < -0.39 is 17.9 Å². The molecule has 130 valence electrons. The highest BCUT2D eigenvalue weighted by Crippen LogP contribution is 2.17. The largest absolute Gasteiger partial charge is 0.449 e. The van der Waals surface area contributed by atoms with Gasteiger partial charge in [0, 0.05) is 28.8 Å². The quantitative estimate of drug-likeness (QED) is 0.553. The second kappa shape index (κ2) is 8.58. The first-order valence-corrected chi connectivity index (χ1v) is 8.34. The van der Waals surface area contributed by atoms with Crippen LogP contribution in [0.5, 0.6) is 0 Å². The lowest BCUT2D eigenvalue weighted by atomic mass is 10.2. The highest BCUT2D eigenvalue weighted by atomic mass is 79.9. The number of para-hydroxylation sites is 1. The molecule has 0 aliphatic heterocycles. The van der Waals surface area contributed by atoms with Crippen molar-refractivity contribution in [2.24, 2.45) is 0 Å². The van der Waals surface area contributed by atoms with Gasteiger partial charge in [-0.15, -0.1) is 0 Å². The van der Waals surface area contributed by atoms with Crippen LogP contribution in [0.4, 0.5) is 10.1 Å². The van der Waals surface area contributed by atoms with Gasteiger partial charge in [-0.2, -0.15) is 0 Å². The molecule has 0 N–H and O–H groups in total. The number of benzene rings is 2. The predicted octanol–water partition coefficient (Wildman–Crippen LogP) is 4.20. The molecule has 0 spiro atoms. The lowest BCUT2D eigenvalue weighted by Crippen LogP contribution is -2.37. The average Bonchev–Trinajstić information content (AvgIpc) is 2.61. The summed E-state index contributed by atoms with van der Waals surface area (Å²) in [6, 6.07) is 13.4. The first-order chi connectivity index (χ1) is 11.9. The van der Waals surface area contributed by atoms with Gasteiger partial charge in [-0.3, -0.25) is 4.79 Å². The number of amides is 1. The average molecular weight is 406 g/mol. The summed E-state index contributed by atoms with van der Waals surface area (Å²) < 4.78 is 19.4. The summed E-state index contributed by atoms with van der Waals surface area (Å²) in [5, 5.41) is 0. The summed E-state index contributed by atoms with van der Waals surface area (Å²) in [5.74, 6) is -1.54. The number of ether oxygens (including phenoxy) is 1. The Hall–Kier alpha value is -2.47. The van der Waals surface area contributed by atoms with Gasteiger partial charge in [-0.1, -0.05) is 34.1 Å². The van der Waals surface area contributed by atoms with Crippen LogP contribution in [0.15, 0.2) is 59.1 Å². The van der Waals surface area contributed by atoms with Gasteiger partial charge < -0.3 is 9.64 Å². The maximum atomic E-state index is 13.6. The van der Waals surface area contributed by atoms with Crippen molar-refractivity contribution in [2.75, 3.05) is 11.9 Å². The molecular weight excluding hydrogens is 389 g/mol. The Balaban J connectivity index is 1.98. The van der Waals surface area contributed by atoms with Gasteiger partial charge in [-0.25, -0.2) is 9.18 Å². The van der Waals surface area contributed by atoms with Crippen LogP contribution in [0.1, 0.15) is 12.5 Å². The molecule has 1 amide bonds. The van der Waals surface area contributed by atoms with E-state index in [2.05, 4.69) is 15.9 Å². The number of halogens is 2. The molecular formula is C19H17BrFNO3. The van der Waals surface area contributed by atoms with Crippen molar-refractivity contribution in [1.82, 2.24) is 0 Å². The zero-order chi connectivity index (χ0) is 18.4. The van der Waals surface area contributed by atoms with Crippen molar-refractivity contribution < 1.29 is 18.7 Å². The number of hydrogen-bond donors (Lipinski definition) is 0. The number of nitrogens with zero attached hydrogens (tertiary/aromatic N) is 1.